The number of nitrogens with zero attached hydrogens (tertiary/aromatic N) is 5. The van der Waals surface area contributed by atoms with Gasteiger partial charge in [-0.2, -0.15) is 5.10 Å². The highest BCUT2D eigenvalue weighted by Crippen LogP contribution is 2.35. The maximum Gasteiger partial charge on any atom is 0.146 e. The van der Waals surface area contributed by atoms with E-state index in [1.165, 1.54) is 0 Å². The van der Waals surface area contributed by atoms with Crippen molar-refractivity contribution < 1.29 is 0 Å². The van der Waals surface area contributed by atoms with Gasteiger partial charge in [0.25, 0.3) is 0 Å². The van der Waals surface area contributed by atoms with E-state index < -0.39 is 0 Å². The van der Waals surface area contributed by atoms with Crippen LogP contribution < -0.4 is 5.32 Å². The Labute approximate surface area is 188 Å². The van der Waals surface area contributed by atoms with Gasteiger partial charge in [0.1, 0.15) is 5.65 Å². The minimum absolute atomic E-state index is 0.407. The van der Waals surface area contributed by atoms with Crippen LogP contribution in [0.25, 0.3) is 38.9 Å². The molecule has 31 heavy (non-hydrogen) atoms. The third-order valence-electron chi connectivity index (χ3n) is 5.85. The predicted octanol–water partition coefficient (Wildman–Crippen LogP) is 5.25. The van der Waals surface area contributed by atoms with Gasteiger partial charge in [-0.15, -0.1) is 0 Å². The lowest BCUT2D eigenvalue weighted by molar-refractivity contribution is 0.491. The molecule has 8 heteroatoms. The number of halogens is 2. The quantitative estimate of drug-likeness (QED) is 0.409. The zero-order chi connectivity index (χ0) is 20.9. The molecule has 1 fully saturated rings. The third kappa shape index (κ3) is 3.19. The standard InChI is InChI=1S/C23H18Cl2N6/c24-18-2-1-3-19(25)22(18)21-13-30-7-5-20-17(23(30)29-21)8-14(9-27-20)15-10-28-31(12-15)16-4-6-26-11-16/h1-3,5,7-10,12-13,16,26H,4,6,11H2. The Bertz CT molecular complexity index is 1410. The molecule has 0 spiro atoms. The minimum atomic E-state index is 0.407. The van der Waals surface area contributed by atoms with Gasteiger partial charge in [0.05, 0.1) is 33.5 Å². The Morgan fingerprint density at radius 2 is 1.90 bits per heavy atom. The normalized spacial score (nSPS) is 16.5. The van der Waals surface area contributed by atoms with Crippen LogP contribution in [0, 0.1) is 0 Å². The van der Waals surface area contributed by atoms with E-state index in [4.69, 9.17) is 28.2 Å². The summed E-state index contributed by atoms with van der Waals surface area (Å²) in [4.78, 5) is 9.54. The number of rotatable bonds is 3. The molecule has 0 aliphatic carbocycles. The zero-order valence-electron chi connectivity index (χ0n) is 16.5. The maximum absolute atomic E-state index is 6.41. The second kappa shape index (κ2) is 7.34. The van der Waals surface area contributed by atoms with Crippen LogP contribution in [0.3, 0.4) is 0 Å². The van der Waals surface area contributed by atoms with E-state index in [-0.39, 0.29) is 0 Å². The van der Waals surface area contributed by atoms with Crippen LogP contribution in [-0.4, -0.2) is 37.2 Å². The lowest BCUT2D eigenvalue weighted by atomic mass is 10.1. The zero-order valence-corrected chi connectivity index (χ0v) is 18.0. The van der Waals surface area contributed by atoms with Crippen LogP contribution in [0.5, 0.6) is 0 Å². The average Bonchev–Trinajstić information content (AvgIpc) is 3.53. The van der Waals surface area contributed by atoms with Crippen molar-refractivity contribution in [3.05, 3.63) is 71.4 Å². The Hall–Kier alpha value is -2.93. The molecule has 1 aliphatic rings. The molecule has 1 unspecified atom stereocenters. The summed E-state index contributed by atoms with van der Waals surface area (Å²) in [6.07, 6.45) is 10.9. The van der Waals surface area contributed by atoms with E-state index in [0.717, 1.165) is 58.4 Å². The molecule has 0 saturated carbocycles. The van der Waals surface area contributed by atoms with E-state index in [1.807, 2.05) is 58.1 Å². The molecular weight excluding hydrogens is 431 g/mol. The molecule has 1 N–H and O–H groups in total. The Balaban J connectivity index is 1.47. The molecule has 6 nitrogen and oxygen atoms in total. The van der Waals surface area contributed by atoms with Gasteiger partial charge in [-0.3, -0.25) is 9.67 Å². The maximum atomic E-state index is 6.41. The lowest BCUT2D eigenvalue weighted by Crippen LogP contribution is -2.13. The highest BCUT2D eigenvalue weighted by atomic mass is 35.5. The topological polar surface area (TPSA) is 60.0 Å². The Morgan fingerprint density at radius 3 is 2.71 bits per heavy atom. The molecule has 0 amide bonds. The van der Waals surface area contributed by atoms with Crippen molar-refractivity contribution in [2.24, 2.45) is 0 Å². The van der Waals surface area contributed by atoms with Gasteiger partial charge in [-0.05, 0) is 37.2 Å². The molecule has 1 saturated heterocycles. The van der Waals surface area contributed by atoms with Crippen molar-refractivity contribution in [3.8, 4) is 22.4 Å². The summed E-state index contributed by atoms with van der Waals surface area (Å²) in [6, 6.07) is 9.99. The smallest absolute Gasteiger partial charge is 0.146 e. The van der Waals surface area contributed by atoms with Crippen LogP contribution in [0.2, 0.25) is 10.0 Å². The molecule has 1 aliphatic heterocycles. The fraction of sp³-hybridized carbons (Fsp3) is 0.174. The number of pyridine rings is 2. The highest BCUT2D eigenvalue weighted by molar-refractivity contribution is 6.39. The fourth-order valence-electron chi connectivity index (χ4n) is 4.22. The predicted molar refractivity (Wildman–Crippen MR) is 124 cm³/mol. The van der Waals surface area contributed by atoms with E-state index in [2.05, 4.69) is 27.7 Å². The van der Waals surface area contributed by atoms with Crippen LogP contribution in [-0.2, 0) is 0 Å². The number of aromatic nitrogens is 5. The van der Waals surface area contributed by atoms with Gasteiger partial charge in [0.15, 0.2) is 0 Å². The molecule has 0 radical (unpaired) electrons. The average molecular weight is 449 g/mol. The van der Waals surface area contributed by atoms with Crippen LogP contribution in [0.1, 0.15) is 12.5 Å². The summed E-state index contributed by atoms with van der Waals surface area (Å²) in [7, 11) is 0. The van der Waals surface area contributed by atoms with Crippen molar-refractivity contribution >= 4 is 39.8 Å². The van der Waals surface area contributed by atoms with Crippen LogP contribution >= 0.6 is 23.2 Å². The minimum Gasteiger partial charge on any atom is -0.315 e. The van der Waals surface area contributed by atoms with Crippen molar-refractivity contribution in [1.29, 1.82) is 0 Å². The monoisotopic (exact) mass is 448 g/mol. The summed E-state index contributed by atoms with van der Waals surface area (Å²) in [5.74, 6) is 0. The third-order valence-corrected chi connectivity index (χ3v) is 6.48. The summed E-state index contributed by atoms with van der Waals surface area (Å²) in [5.41, 5.74) is 5.21. The first-order valence-corrected chi connectivity index (χ1v) is 10.9. The van der Waals surface area contributed by atoms with Crippen LogP contribution in [0.15, 0.2) is 61.3 Å². The van der Waals surface area contributed by atoms with Gasteiger partial charge in [0, 0.05) is 53.4 Å². The molecule has 5 heterocycles. The first kappa shape index (κ1) is 18.8. The molecule has 5 aromatic rings. The number of fused-ring (bicyclic) bond motifs is 3. The molecular formula is C23H18Cl2N6. The molecule has 4 aromatic heterocycles. The fourth-order valence-corrected chi connectivity index (χ4v) is 4.81. The molecule has 1 atom stereocenters. The summed E-state index contributed by atoms with van der Waals surface area (Å²) >= 11 is 12.8. The Kier molecular flexibility index (Phi) is 4.45. The van der Waals surface area contributed by atoms with Gasteiger partial charge in [-0.25, -0.2) is 4.98 Å². The molecule has 1 aromatic carbocycles. The van der Waals surface area contributed by atoms with Crippen molar-refractivity contribution in [2.45, 2.75) is 12.5 Å². The molecule has 154 valence electrons. The number of hydrogen-bond donors (Lipinski definition) is 1. The van der Waals surface area contributed by atoms with E-state index in [9.17, 15) is 0 Å². The van der Waals surface area contributed by atoms with Gasteiger partial charge < -0.3 is 9.72 Å². The van der Waals surface area contributed by atoms with E-state index >= 15 is 0 Å². The van der Waals surface area contributed by atoms with Crippen LogP contribution in [0.4, 0.5) is 0 Å². The summed E-state index contributed by atoms with van der Waals surface area (Å²) in [6.45, 7) is 1.99. The molecule has 6 rings (SSSR count). The SMILES string of the molecule is Clc1cccc(Cl)c1-c1cn2ccc3ncc(-c4cnn(C5CCNC5)c4)cc3c2n1. The molecule has 0 bridgehead atoms. The number of benzene rings is 1. The number of nitrogens with one attached hydrogen (secondary N) is 1. The number of hydrogen-bond acceptors (Lipinski definition) is 4. The first-order chi connectivity index (χ1) is 15.2. The highest BCUT2D eigenvalue weighted by Gasteiger charge is 2.18. The summed E-state index contributed by atoms with van der Waals surface area (Å²) in [5, 5.41) is 10.1. The largest absolute Gasteiger partial charge is 0.315 e. The van der Waals surface area contributed by atoms with E-state index in [0.29, 0.717) is 16.1 Å². The van der Waals surface area contributed by atoms with Gasteiger partial charge in [0.2, 0.25) is 0 Å². The second-order valence-corrected chi connectivity index (χ2v) is 8.60. The first-order valence-electron chi connectivity index (χ1n) is 10.1. The number of imidazole rings is 1. The summed E-state index contributed by atoms with van der Waals surface area (Å²) < 4.78 is 4.03. The lowest BCUT2D eigenvalue weighted by Gasteiger charge is -2.07. The second-order valence-electron chi connectivity index (χ2n) is 7.78. The van der Waals surface area contributed by atoms with Gasteiger partial charge in [-0.1, -0.05) is 29.3 Å². The van der Waals surface area contributed by atoms with Crippen molar-refractivity contribution in [2.75, 3.05) is 13.1 Å². The van der Waals surface area contributed by atoms with E-state index in [1.54, 1.807) is 0 Å². The van der Waals surface area contributed by atoms with Crippen molar-refractivity contribution in [1.82, 2.24) is 29.5 Å². The van der Waals surface area contributed by atoms with Crippen molar-refractivity contribution in [3.63, 3.8) is 0 Å². The Morgan fingerprint density at radius 1 is 1.03 bits per heavy atom. The van der Waals surface area contributed by atoms with Gasteiger partial charge >= 0.3 is 0 Å².